The molecule has 0 aromatic carbocycles. The summed E-state index contributed by atoms with van der Waals surface area (Å²) in [5.41, 5.74) is 2.72. The number of alkyl halides is 2. The average Bonchev–Trinajstić information content (AvgIpc) is 2.15. The summed E-state index contributed by atoms with van der Waals surface area (Å²) in [5, 5.41) is 10.5. The minimum Gasteiger partial charge on any atom is -0.364 e. The number of primary amides is 1. The van der Waals surface area contributed by atoms with Crippen LogP contribution in [0.25, 0.3) is 0 Å². The molecule has 2 N–H and O–H groups in total. The highest BCUT2D eigenvalue weighted by Gasteiger charge is 2.26. The van der Waals surface area contributed by atoms with Crippen molar-refractivity contribution in [3.8, 4) is 0 Å². The first-order valence-corrected chi connectivity index (χ1v) is 4.08. The molecule has 1 heterocycles. The molecule has 1 aromatic heterocycles. The first-order chi connectivity index (χ1) is 7.34. The van der Waals surface area contributed by atoms with Crippen LogP contribution in [-0.2, 0) is 0 Å². The molecule has 0 saturated carbocycles. The molecule has 0 bridgehead atoms. The van der Waals surface area contributed by atoms with Gasteiger partial charge in [0.15, 0.2) is 5.69 Å². The van der Waals surface area contributed by atoms with Gasteiger partial charge in [-0.2, -0.15) is 0 Å². The molecule has 0 fully saturated rings. The summed E-state index contributed by atoms with van der Waals surface area (Å²) < 4.78 is 24.9. The smallest absolute Gasteiger partial charge is 0.296 e. The van der Waals surface area contributed by atoms with Crippen LogP contribution in [0, 0.1) is 17.0 Å². The molecule has 0 aliphatic rings. The van der Waals surface area contributed by atoms with E-state index in [9.17, 15) is 23.7 Å². The van der Waals surface area contributed by atoms with Crippen molar-refractivity contribution in [2.75, 3.05) is 0 Å². The highest BCUT2D eigenvalue weighted by atomic mass is 19.3. The van der Waals surface area contributed by atoms with E-state index >= 15 is 0 Å². The Balaban J connectivity index is 3.49. The van der Waals surface area contributed by atoms with E-state index in [4.69, 9.17) is 5.73 Å². The second-order valence-electron chi connectivity index (χ2n) is 2.98. The fraction of sp³-hybridized carbons (Fsp3) is 0.250. The van der Waals surface area contributed by atoms with Crippen LogP contribution < -0.4 is 5.73 Å². The van der Waals surface area contributed by atoms with Gasteiger partial charge in [0.25, 0.3) is 18.0 Å². The van der Waals surface area contributed by atoms with Crippen LogP contribution in [0.1, 0.15) is 28.2 Å². The molecular formula is C8H7F2N3O3. The standard InChI is InChI=1S/C8H7F2N3O3/c1-3-2-4(13(15)16)6(7(9)10)12-5(3)8(11)14/h2,7H,1H3,(H2,11,14). The number of nitro groups is 1. The summed E-state index contributed by atoms with van der Waals surface area (Å²) in [6.07, 6.45) is -3.14. The topological polar surface area (TPSA) is 99.1 Å². The van der Waals surface area contributed by atoms with E-state index in [0.29, 0.717) is 0 Å². The third-order valence-electron chi connectivity index (χ3n) is 1.86. The summed E-state index contributed by atoms with van der Waals surface area (Å²) in [4.78, 5) is 23.5. The Morgan fingerprint density at radius 3 is 2.56 bits per heavy atom. The number of aryl methyl sites for hydroxylation is 1. The lowest BCUT2D eigenvalue weighted by Crippen LogP contribution is -2.17. The minimum absolute atomic E-state index is 0.0867. The Labute approximate surface area is 88.2 Å². The molecule has 0 unspecified atom stereocenters. The monoisotopic (exact) mass is 231 g/mol. The van der Waals surface area contributed by atoms with Crippen molar-refractivity contribution in [2.24, 2.45) is 5.73 Å². The van der Waals surface area contributed by atoms with E-state index in [2.05, 4.69) is 4.98 Å². The number of hydrogen-bond acceptors (Lipinski definition) is 4. The van der Waals surface area contributed by atoms with Crippen LogP contribution in [0.3, 0.4) is 0 Å². The zero-order valence-electron chi connectivity index (χ0n) is 8.11. The second-order valence-corrected chi connectivity index (χ2v) is 2.98. The maximum Gasteiger partial charge on any atom is 0.296 e. The molecular weight excluding hydrogens is 224 g/mol. The molecule has 1 amide bonds. The maximum absolute atomic E-state index is 12.4. The summed E-state index contributed by atoms with van der Waals surface area (Å²) in [5.74, 6) is -1.01. The third-order valence-corrected chi connectivity index (χ3v) is 1.86. The lowest BCUT2D eigenvalue weighted by molar-refractivity contribution is -0.386. The largest absolute Gasteiger partial charge is 0.364 e. The summed E-state index contributed by atoms with van der Waals surface area (Å²) in [7, 11) is 0. The van der Waals surface area contributed by atoms with Crippen molar-refractivity contribution in [1.82, 2.24) is 4.98 Å². The van der Waals surface area contributed by atoms with Crippen LogP contribution in [0.5, 0.6) is 0 Å². The van der Waals surface area contributed by atoms with Gasteiger partial charge in [0, 0.05) is 6.07 Å². The van der Waals surface area contributed by atoms with E-state index in [1.165, 1.54) is 6.92 Å². The second kappa shape index (κ2) is 4.17. The maximum atomic E-state index is 12.4. The third kappa shape index (κ3) is 2.10. The lowest BCUT2D eigenvalue weighted by Gasteiger charge is -2.05. The highest BCUT2D eigenvalue weighted by molar-refractivity contribution is 5.92. The van der Waals surface area contributed by atoms with Crippen molar-refractivity contribution in [2.45, 2.75) is 13.3 Å². The van der Waals surface area contributed by atoms with Gasteiger partial charge in [0.05, 0.1) is 4.92 Å². The minimum atomic E-state index is -3.14. The number of amides is 1. The number of carbonyl (C=O) groups is 1. The van der Waals surface area contributed by atoms with Crippen molar-refractivity contribution in [3.63, 3.8) is 0 Å². The molecule has 1 rings (SSSR count). The number of carbonyl (C=O) groups excluding carboxylic acids is 1. The number of nitrogens with zero attached hydrogens (tertiary/aromatic N) is 2. The number of halogens is 2. The van der Waals surface area contributed by atoms with Crippen molar-refractivity contribution in [3.05, 3.63) is 33.1 Å². The van der Waals surface area contributed by atoms with Crippen molar-refractivity contribution >= 4 is 11.6 Å². The Morgan fingerprint density at radius 2 is 2.19 bits per heavy atom. The van der Waals surface area contributed by atoms with Gasteiger partial charge in [-0.05, 0) is 12.5 Å². The Kier molecular flexibility index (Phi) is 3.11. The van der Waals surface area contributed by atoms with E-state index in [-0.39, 0.29) is 11.3 Å². The molecule has 0 spiro atoms. The molecule has 6 nitrogen and oxygen atoms in total. The van der Waals surface area contributed by atoms with E-state index < -0.39 is 28.6 Å². The van der Waals surface area contributed by atoms with Crippen LogP contribution >= 0.6 is 0 Å². The zero-order valence-corrected chi connectivity index (χ0v) is 8.11. The van der Waals surface area contributed by atoms with E-state index in [1.54, 1.807) is 0 Å². The fourth-order valence-electron chi connectivity index (χ4n) is 1.17. The molecule has 0 radical (unpaired) electrons. The van der Waals surface area contributed by atoms with Crippen molar-refractivity contribution in [1.29, 1.82) is 0 Å². The van der Waals surface area contributed by atoms with Gasteiger partial charge in [-0.1, -0.05) is 0 Å². The SMILES string of the molecule is Cc1cc([N+](=O)[O-])c(C(F)F)nc1C(N)=O. The van der Waals surface area contributed by atoms with Crippen LogP contribution in [-0.4, -0.2) is 15.8 Å². The quantitative estimate of drug-likeness (QED) is 0.626. The normalized spacial score (nSPS) is 10.5. The number of pyridine rings is 1. The molecule has 0 saturated heterocycles. The van der Waals surface area contributed by atoms with Crippen LogP contribution in [0.2, 0.25) is 0 Å². The predicted molar refractivity (Wildman–Crippen MR) is 49.1 cm³/mol. The van der Waals surface area contributed by atoms with E-state index in [0.717, 1.165) is 6.07 Å². The molecule has 1 aromatic rings. The molecule has 0 aliphatic heterocycles. The van der Waals surface area contributed by atoms with Gasteiger partial charge in [-0.3, -0.25) is 14.9 Å². The molecule has 0 atom stereocenters. The number of nitrogens with two attached hydrogens (primary N) is 1. The Hall–Kier alpha value is -2.12. The molecule has 0 aliphatic carbocycles. The Morgan fingerprint density at radius 1 is 1.62 bits per heavy atom. The molecule has 16 heavy (non-hydrogen) atoms. The number of hydrogen-bond donors (Lipinski definition) is 1. The van der Waals surface area contributed by atoms with Gasteiger partial charge in [-0.15, -0.1) is 0 Å². The lowest BCUT2D eigenvalue weighted by atomic mass is 10.1. The van der Waals surface area contributed by atoms with Gasteiger partial charge < -0.3 is 5.73 Å². The predicted octanol–water partition coefficient (Wildman–Crippen LogP) is 1.33. The van der Waals surface area contributed by atoms with Crippen molar-refractivity contribution < 1.29 is 18.5 Å². The summed E-state index contributed by atoms with van der Waals surface area (Å²) in [6.45, 7) is 1.33. The van der Waals surface area contributed by atoms with Gasteiger partial charge in [0.1, 0.15) is 5.69 Å². The van der Waals surface area contributed by atoms with E-state index in [1.807, 2.05) is 0 Å². The highest BCUT2D eigenvalue weighted by Crippen LogP contribution is 2.28. The van der Waals surface area contributed by atoms with Crippen LogP contribution in [0.15, 0.2) is 6.07 Å². The Bertz CT molecular complexity index is 462. The van der Waals surface area contributed by atoms with Gasteiger partial charge in [0.2, 0.25) is 0 Å². The number of rotatable bonds is 3. The first kappa shape index (κ1) is 12.0. The fourth-order valence-corrected chi connectivity index (χ4v) is 1.17. The summed E-state index contributed by atoms with van der Waals surface area (Å²) in [6, 6.07) is 0.856. The molecule has 8 heteroatoms. The summed E-state index contributed by atoms with van der Waals surface area (Å²) >= 11 is 0. The first-order valence-electron chi connectivity index (χ1n) is 4.08. The van der Waals surface area contributed by atoms with Crippen LogP contribution in [0.4, 0.5) is 14.5 Å². The average molecular weight is 231 g/mol. The zero-order chi connectivity index (χ0) is 12.5. The number of aromatic nitrogens is 1. The van der Waals surface area contributed by atoms with Gasteiger partial charge >= 0.3 is 0 Å². The molecule has 86 valence electrons. The van der Waals surface area contributed by atoms with Gasteiger partial charge in [-0.25, -0.2) is 13.8 Å².